The Labute approximate surface area is 133 Å². The van der Waals surface area contributed by atoms with E-state index in [9.17, 15) is 14.7 Å². The molecule has 2 N–H and O–H groups in total. The molecule has 1 atom stereocenters. The number of ether oxygens (including phenoxy) is 1. The molecular weight excluding hydrogens is 317 g/mol. The summed E-state index contributed by atoms with van der Waals surface area (Å²) in [5.74, 6) is -1.18. The SMILES string of the molecule is CC(C)(C)OC(=O)NC(Cc1cccc(Cl)c1Cl)C(=O)O. The fourth-order valence-electron chi connectivity index (χ4n) is 1.58. The van der Waals surface area contributed by atoms with E-state index < -0.39 is 23.7 Å². The van der Waals surface area contributed by atoms with Crippen LogP contribution in [0.5, 0.6) is 0 Å². The highest BCUT2D eigenvalue weighted by Crippen LogP contribution is 2.26. The fourth-order valence-corrected chi connectivity index (χ4v) is 1.97. The monoisotopic (exact) mass is 333 g/mol. The Kier molecular flexibility index (Phi) is 5.87. The fraction of sp³-hybridized carbons (Fsp3) is 0.429. The molecule has 0 fully saturated rings. The summed E-state index contributed by atoms with van der Waals surface area (Å²) < 4.78 is 5.04. The van der Waals surface area contributed by atoms with E-state index in [2.05, 4.69) is 5.32 Å². The van der Waals surface area contributed by atoms with Gasteiger partial charge in [-0.25, -0.2) is 9.59 Å². The van der Waals surface area contributed by atoms with Crippen molar-refractivity contribution in [1.82, 2.24) is 5.32 Å². The van der Waals surface area contributed by atoms with Crippen LogP contribution in [0.15, 0.2) is 18.2 Å². The third-order valence-corrected chi connectivity index (χ3v) is 3.30. The van der Waals surface area contributed by atoms with Crippen LogP contribution in [0.1, 0.15) is 26.3 Å². The lowest BCUT2D eigenvalue weighted by Crippen LogP contribution is -2.44. The van der Waals surface area contributed by atoms with Crippen molar-refractivity contribution in [3.05, 3.63) is 33.8 Å². The molecule has 1 aromatic carbocycles. The van der Waals surface area contributed by atoms with Crippen LogP contribution >= 0.6 is 23.2 Å². The Hall–Kier alpha value is -1.46. The number of alkyl carbamates (subject to hydrolysis) is 1. The van der Waals surface area contributed by atoms with E-state index in [1.54, 1.807) is 39.0 Å². The predicted molar refractivity (Wildman–Crippen MR) is 81.0 cm³/mol. The quantitative estimate of drug-likeness (QED) is 0.883. The number of rotatable bonds is 4. The van der Waals surface area contributed by atoms with Crippen LogP contribution in [0, 0.1) is 0 Å². The molecule has 0 saturated heterocycles. The lowest BCUT2D eigenvalue weighted by Gasteiger charge is -2.22. The van der Waals surface area contributed by atoms with E-state index in [-0.39, 0.29) is 11.4 Å². The molecule has 0 heterocycles. The Morgan fingerprint density at radius 3 is 2.48 bits per heavy atom. The molecular formula is C14H17Cl2NO4. The molecule has 21 heavy (non-hydrogen) atoms. The highest BCUT2D eigenvalue weighted by molar-refractivity contribution is 6.42. The molecule has 1 aromatic rings. The van der Waals surface area contributed by atoms with Crippen LogP contribution in [0.2, 0.25) is 10.0 Å². The largest absolute Gasteiger partial charge is 0.480 e. The molecule has 0 aromatic heterocycles. The minimum atomic E-state index is -1.18. The maximum absolute atomic E-state index is 11.7. The minimum Gasteiger partial charge on any atom is -0.480 e. The van der Waals surface area contributed by atoms with Crippen molar-refractivity contribution in [2.75, 3.05) is 0 Å². The second-order valence-corrected chi connectivity index (χ2v) is 6.24. The predicted octanol–water partition coefficient (Wildman–Crippen LogP) is 3.51. The minimum absolute atomic E-state index is 0.00791. The zero-order chi connectivity index (χ0) is 16.2. The maximum atomic E-state index is 11.7. The molecule has 5 nitrogen and oxygen atoms in total. The van der Waals surface area contributed by atoms with Gasteiger partial charge in [0.2, 0.25) is 0 Å². The third-order valence-electron chi connectivity index (χ3n) is 2.44. The van der Waals surface area contributed by atoms with Gasteiger partial charge in [0.15, 0.2) is 0 Å². The van der Waals surface area contributed by atoms with Gasteiger partial charge in [-0.15, -0.1) is 0 Å². The molecule has 116 valence electrons. The molecule has 0 radical (unpaired) electrons. The van der Waals surface area contributed by atoms with Gasteiger partial charge in [0.25, 0.3) is 0 Å². The van der Waals surface area contributed by atoms with Crippen LogP contribution in [0.4, 0.5) is 4.79 Å². The van der Waals surface area contributed by atoms with Crippen molar-refractivity contribution in [2.45, 2.75) is 38.8 Å². The average molecular weight is 334 g/mol. The highest BCUT2D eigenvalue weighted by atomic mass is 35.5. The molecule has 0 saturated carbocycles. The summed E-state index contributed by atoms with van der Waals surface area (Å²) in [7, 11) is 0. The van der Waals surface area contributed by atoms with Crippen LogP contribution < -0.4 is 5.32 Å². The van der Waals surface area contributed by atoms with Gasteiger partial charge in [0, 0.05) is 6.42 Å². The van der Waals surface area contributed by atoms with Gasteiger partial charge >= 0.3 is 12.1 Å². The van der Waals surface area contributed by atoms with Crippen LogP contribution in [0.25, 0.3) is 0 Å². The maximum Gasteiger partial charge on any atom is 0.408 e. The van der Waals surface area contributed by atoms with Gasteiger partial charge in [0.1, 0.15) is 11.6 Å². The van der Waals surface area contributed by atoms with E-state index in [0.29, 0.717) is 10.6 Å². The van der Waals surface area contributed by atoms with Gasteiger partial charge < -0.3 is 15.2 Å². The van der Waals surface area contributed by atoms with E-state index >= 15 is 0 Å². The smallest absolute Gasteiger partial charge is 0.408 e. The lowest BCUT2D eigenvalue weighted by atomic mass is 10.1. The van der Waals surface area contributed by atoms with Crippen molar-refractivity contribution in [1.29, 1.82) is 0 Å². The van der Waals surface area contributed by atoms with Crippen molar-refractivity contribution < 1.29 is 19.4 Å². The number of hydrogen-bond acceptors (Lipinski definition) is 3. The topological polar surface area (TPSA) is 75.6 Å². The summed E-state index contributed by atoms with van der Waals surface area (Å²) in [6.45, 7) is 5.07. The number of halogens is 2. The van der Waals surface area contributed by atoms with Gasteiger partial charge in [-0.1, -0.05) is 35.3 Å². The second-order valence-electron chi connectivity index (χ2n) is 5.45. The van der Waals surface area contributed by atoms with Crippen molar-refractivity contribution in [3.8, 4) is 0 Å². The molecule has 0 spiro atoms. The summed E-state index contributed by atoms with van der Waals surface area (Å²) >= 11 is 11.9. The molecule has 1 rings (SSSR count). The standard InChI is InChI=1S/C14H17Cl2NO4/c1-14(2,3)21-13(20)17-10(12(18)19)7-8-5-4-6-9(15)11(8)16/h4-6,10H,7H2,1-3H3,(H,17,20)(H,18,19). The van der Waals surface area contributed by atoms with Crippen LogP contribution in [-0.4, -0.2) is 28.8 Å². The summed E-state index contributed by atoms with van der Waals surface area (Å²) in [6, 6.07) is 3.76. The van der Waals surface area contributed by atoms with E-state index in [4.69, 9.17) is 27.9 Å². The number of carboxylic acids is 1. The van der Waals surface area contributed by atoms with Crippen molar-refractivity contribution in [2.24, 2.45) is 0 Å². The molecule has 7 heteroatoms. The van der Waals surface area contributed by atoms with Crippen molar-refractivity contribution in [3.63, 3.8) is 0 Å². The average Bonchev–Trinajstić information content (AvgIpc) is 2.31. The first-order valence-corrected chi connectivity index (χ1v) is 7.01. The molecule has 0 bridgehead atoms. The first-order valence-electron chi connectivity index (χ1n) is 6.25. The number of aliphatic carboxylic acids is 1. The Morgan fingerprint density at radius 1 is 1.33 bits per heavy atom. The number of carbonyl (C=O) groups excluding carboxylic acids is 1. The number of amides is 1. The third kappa shape index (κ3) is 5.81. The zero-order valence-corrected chi connectivity index (χ0v) is 13.5. The number of hydrogen-bond donors (Lipinski definition) is 2. The summed E-state index contributed by atoms with van der Waals surface area (Å²) in [5.41, 5.74) is -0.173. The first-order chi connectivity index (χ1) is 9.60. The van der Waals surface area contributed by atoms with Gasteiger partial charge in [-0.2, -0.15) is 0 Å². The van der Waals surface area contributed by atoms with E-state index in [1.807, 2.05) is 0 Å². The number of carboxylic acid groups (broad SMARTS) is 1. The molecule has 1 unspecified atom stereocenters. The van der Waals surface area contributed by atoms with Gasteiger partial charge in [0.05, 0.1) is 10.0 Å². The number of nitrogens with one attached hydrogen (secondary N) is 1. The van der Waals surface area contributed by atoms with E-state index in [1.165, 1.54) is 0 Å². The molecule has 0 aliphatic rings. The molecule has 0 aliphatic carbocycles. The summed E-state index contributed by atoms with van der Waals surface area (Å²) in [4.78, 5) is 22.9. The first kappa shape index (κ1) is 17.6. The van der Waals surface area contributed by atoms with Gasteiger partial charge in [-0.05, 0) is 32.4 Å². The normalized spacial score (nSPS) is 12.6. The zero-order valence-electron chi connectivity index (χ0n) is 11.9. The Morgan fingerprint density at radius 2 is 1.95 bits per heavy atom. The molecule has 0 aliphatic heterocycles. The molecule has 1 amide bonds. The van der Waals surface area contributed by atoms with E-state index in [0.717, 1.165) is 0 Å². The summed E-state index contributed by atoms with van der Waals surface area (Å²) in [5, 5.41) is 12.1. The van der Waals surface area contributed by atoms with Crippen LogP contribution in [-0.2, 0) is 16.0 Å². The summed E-state index contributed by atoms with van der Waals surface area (Å²) in [6.07, 6.45) is -0.790. The number of benzene rings is 1. The van der Waals surface area contributed by atoms with Crippen molar-refractivity contribution >= 4 is 35.3 Å². The Balaban J connectivity index is 2.82. The Bertz CT molecular complexity index is 540. The van der Waals surface area contributed by atoms with Crippen LogP contribution in [0.3, 0.4) is 0 Å². The number of carbonyl (C=O) groups is 2. The lowest BCUT2D eigenvalue weighted by molar-refractivity contribution is -0.139. The second kappa shape index (κ2) is 7.00. The van der Waals surface area contributed by atoms with Gasteiger partial charge in [-0.3, -0.25) is 0 Å². The highest BCUT2D eigenvalue weighted by Gasteiger charge is 2.25.